The van der Waals surface area contributed by atoms with Gasteiger partial charge in [0.15, 0.2) is 9.84 Å². The molecule has 0 heterocycles. The van der Waals surface area contributed by atoms with Gasteiger partial charge in [-0.05, 0) is 29.7 Å². The van der Waals surface area contributed by atoms with Gasteiger partial charge in [0, 0.05) is 11.6 Å². The Balaban J connectivity index is 2.47. The van der Waals surface area contributed by atoms with Crippen LogP contribution in [0.4, 0.5) is 0 Å². The van der Waals surface area contributed by atoms with Crippen LogP contribution in [-0.4, -0.2) is 25.9 Å². The second-order valence-electron chi connectivity index (χ2n) is 4.79. The topological polar surface area (TPSA) is 54.4 Å². The van der Waals surface area contributed by atoms with Gasteiger partial charge in [0.25, 0.3) is 0 Å². The number of aliphatic hydroxyl groups excluding tert-OH is 1. The summed E-state index contributed by atoms with van der Waals surface area (Å²) >= 11 is 5.88. The fraction of sp³-hybridized carbons (Fsp3) is 0.250. The van der Waals surface area contributed by atoms with Crippen LogP contribution in [0, 0.1) is 0 Å². The van der Waals surface area contributed by atoms with Crippen LogP contribution in [0.1, 0.15) is 22.8 Å². The van der Waals surface area contributed by atoms with E-state index in [0.29, 0.717) is 10.6 Å². The molecule has 0 unspecified atom stereocenters. The SMILES string of the molecule is O=S(=O)(CCCO)[C@H](c1ccccc1)c1ccc(Cl)cc1. The quantitative estimate of drug-likeness (QED) is 0.887. The summed E-state index contributed by atoms with van der Waals surface area (Å²) in [7, 11) is -3.41. The van der Waals surface area contributed by atoms with Gasteiger partial charge < -0.3 is 5.11 Å². The van der Waals surface area contributed by atoms with Gasteiger partial charge in [0.05, 0.1) is 5.75 Å². The monoisotopic (exact) mass is 324 g/mol. The molecule has 1 atom stereocenters. The molecule has 1 N–H and O–H groups in total. The van der Waals surface area contributed by atoms with E-state index >= 15 is 0 Å². The molecule has 0 bridgehead atoms. The zero-order valence-corrected chi connectivity index (χ0v) is 13.0. The predicted octanol–water partition coefficient (Wildman–Crippen LogP) is 3.23. The average molecular weight is 325 g/mol. The molecule has 112 valence electrons. The van der Waals surface area contributed by atoms with Gasteiger partial charge in [-0.3, -0.25) is 0 Å². The molecule has 0 radical (unpaired) electrons. The van der Waals surface area contributed by atoms with Gasteiger partial charge in [-0.2, -0.15) is 0 Å². The summed E-state index contributed by atoms with van der Waals surface area (Å²) in [6, 6.07) is 15.9. The maximum Gasteiger partial charge on any atom is 0.161 e. The fourth-order valence-corrected chi connectivity index (χ4v) is 4.29. The molecule has 0 saturated carbocycles. The fourth-order valence-electron chi connectivity index (χ4n) is 2.26. The molecule has 0 aromatic heterocycles. The van der Waals surface area contributed by atoms with Crippen molar-refractivity contribution in [2.24, 2.45) is 0 Å². The molecule has 5 heteroatoms. The molecular weight excluding hydrogens is 308 g/mol. The largest absolute Gasteiger partial charge is 0.396 e. The lowest BCUT2D eigenvalue weighted by molar-refractivity contribution is 0.295. The molecule has 0 amide bonds. The highest BCUT2D eigenvalue weighted by Crippen LogP contribution is 2.31. The number of hydrogen-bond acceptors (Lipinski definition) is 3. The van der Waals surface area contributed by atoms with Crippen LogP contribution in [0.3, 0.4) is 0 Å². The molecule has 2 aromatic rings. The van der Waals surface area contributed by atoms with Crippen molar-refractivity contribution in [2.75, 3.05) is 12.4 Å². The first-order valence-electron chi connectivity index (χ1n) is 6.67. The molecule has 21 heavy (non-hydrogen) atoms. The minimum absolute atomic E-state index is 0.0499. The van der Waals surface area contributed by atoms with Gasteiger partial charge in [0.2, 0.25) is 0 Å². The van der Waals surface area contributed by atoms with Crippen LogP contribution in [0.25, 0.3) is 0 Å². The van der Waals surface area contributed by atoms with Gasteiger partial charge in [0.1, 0.15) is 5.25 Å². The maximum absolute atomic E-state index is 12.6. The predicted molar refractivity (Wildman–Crippen MR) is 85.2 cm³/mol. The Morgan fingerprint density at radius 3 is 2.10 bits per heavy atom. The van der Waals surface area contributed by atoms with Crippen LogP contribution in [-0.2, 0) is 9.84 Å². The third kappa shape index (κ3) is 4.06. The van der Waals surface area contributed by atoms with Crippen LogP contribution in [0.15, 0.2) is 54.6 Å². The lowest BCUT2D eigenvalue weighted by atomic mass is 10.0. The van der Waals surface area contributed by atoms with E-state index in [1.54, 1.807) is 36.4 Å². The second kappa shape index (κ2) is 7.07. The second-order valence-corrected chi connectivity index (χ2v) is 7.43. The van der Waals surface area contributed by atoms with Gasteiger partial charge in [-0.1, -0.05) is 54.1 Å². The molecule has 0 spiro atoms. The number of sulfone groups is 1. The zero-order valence-electron chi connectivity index (χ0n) is 11.4. The third-order valence-corrected chi connectivity index (χ3v) is 5.59. The van der Waals surface area contributed by atoms with Crippen molar-refractivity contribution in [1.29, 1.82) is 0 Å². The zero-order chi connectivity index (χ0) is 15.3. The molecule has 3 nitrogen and oxygen atoms in total. The molecule has 0 saturated heterocycles. The molecule has 2 rings (SSSR count). The third-order valence-electron chi connectivity index (χ3n) is 3.22. The first kappa shape index (κ1) is 16.0. The lowest BCUT2D eigenvalue weighted by Gasteiger charge is -2.18. The molecule has 2 aromatic carbocycles. The van der Waals surface area contributed by atoms with E-state index < -0.39 is 15.1 Å². The Labute approximate surface area is 130 Å². The Bertz CT molecular complexity index is 666. The van der Waals surface area contributed by atoms with E-state index in [1.807, 2.05) is 18.2 Å². The van der Waals surface area contributed by atoms with Crippen molar-refractivity contribution in [3.63, 3.8) is 0 Å². The van der Waals surface area contributed by atoms with Crippen molar-refractivity contribution in [3.8, 4) is 0 Å². The van der Waals surface area contributed by atoms with E-state index in [0.717, 1.165) is 5.56 Å². The van der Waals surface area contributed by atoms with E-state index in [4.69, 9.17) is 16.7 Å². The highest BCUT2D eigenvalue weighted by Gasteiger charge is 2.28. The summed E-state index contributed by atoms with van der Waals surface area (Å²) in [5.41, 5.74) is 1.40. The number of hydrogen-bond donors (Lipinski definition) is 1. The summed E-state index contributed by atoms with van der Waals surface area (Å²) in [6.07, 6.45) is 0.235. The highest BCUT2D eigenvalue weighted by molar-refractivity contribution is 7.91. The molecule has 0 aliphatic carbocycles. The molecule has 0 aliphatic heterocycles. The van der Waals surface area contributed by atoms with E-state index in [-0.39, 0.29) is 18.8 Å². The molecular formula is C16H17ClO3S. The van der Waals surface area contributed by atoms with E-state index in [1.165, 1.54) is 0 Å². The maximum atomic E-state index is 12.6. The van der Waals surface area contributed by atoms with Crippen LogP contribution < -0.4 is 0 Å². The summed E-state index contributed by atoms with van der Waals surface area (Å²) in [5.74, 6) is -0.0499. The van der Waals surface area contributed by atoms with Gasteiger partial charge in [-0.25, -0.2) is 8.42 Å². The lowest BCUT2D eigenvalue weighted by Crippen LogP contribution is -2.19. The standard InChI is InChI=1S/C16H17ClO3S/c17-15-9-7-14(8-10-15)16(13-5-2-1-3-6-13)21(19,20)12-4-11-18/h1-3,5-10,16,18H,4,11-12H2/t16-/m1/s1. The summed E-state index contributed by atoms with van der Waals surface area (Å²) in [5, 5.41) is 8.74. The molecule has 0 aliphatic rings. The minimum atomic E-state index is -3.41. The number of halogens is 1. The first-order valence-corrected chi connectivity index (χ1v) is 8.77. The number of aliphatic hydroxyl groups is 1. The van der Waals surface area contributed by atoms with E-state index in [2.05, 4.69) is 0 Å². The van der Waals surface area contributed by atoms with Gasteiger partial charge >= 0.3 is 0 Å². The normalized spacial score (nSPS) is 13.0. The van der Waals surface area contributed by atoms with Crippen LogP contribution in [0.2, 0.25) is 5.02 Å². The smallest absolute Gasteiger partial charge is 0.161 e. The van der Waals surface area contributed by atoms with E-state index in [9.17, 15) is 8.42 Å². The minimum Gasteiger partial charge on any atom is -0.396 e. The van der Waals surface area contributed by atoms with Crippen molar-refractivity contribution >= 4 is 21.4 Å². The number of rotatable bonds is 6. The van der Waals surface area contributed by atoms with Crippen molar-refractivity contribution < 1.29 is 13.5 Å². The summed E-state index contributed by atoms with van der Waals surface area (Å²) in [6.45, 7) is -0.138. The van der Waals surface area contributed by atoms with Crippen LogP contribution in [0.5, 0.6) is 0 Å². The highest BCUT2D eigenvalue weighted by atomic mass is 35.5. The first-order chi connectivity index (χ1) is 10.0. The Morgan fingerprint density at radius 1 is 0.952 bits per heavy atom. The molecule has 0 fully saturated rings. The Hall–Kier alpha value is -1.36. The Morgan fingerprint density at radius 2 is 1.52 bits per heavy atom. The summed E-state index contributed by atoms with van der Waals surface area (Å²) in [4.78, 5) is 0. The summed E-state index contributed by atoms with van der Waals surface area (Å²) < 4.78 is 25.3. The van der Waals surface area contributed by atoms with Crippen LogP contribution >= 0.6 is 11.6 Å². The van der Waals surface area contributed by atoms with Crippen molar-refractivity contribution in [3.05, 3.63) is 70.7 Å². The van der Waals surface area contributed by atoms with Crippen molar-refractivity contribution in [2.45, 2.75) is 11.7 Å². The van der Waals surface area contributed by atoms with Crippen molar-refractivity contribution in [1.82, 2.24) is 0 Å². The number of benzene rings is 2. The average Bonchev–Trinajstić information content (AvgIpc) is 2.48. The Kier molecular flexibility index (Phi) is 5.39. The van der Waals surface area contributed by atoms with Gasteiger partial charge in [-0.15, -0.1) is 0 Å².